The number of amides is 1. The molecule has 4 fully saturated rings. The largest absolute Gasteiger partial charge is 0.477 e. The number of carboxylic acid groups (broad SMARTS) is 1. The summed E-state index contributed by atoms with van der Waals surface area (Å²) in [6.45, 7) is 0. The molecule has 2 aromatic heterocycles. The molecule has 4 bridgehead atoms. The molecule has 4 saturated carbocycles. The van der Waals surface area contributed by atoms with Crippen molar-refractivity contribution in [3.63, 3.8) is 0 Å². The van der Waals surface area contributed by atoms with Gasteiger partial charge in [0.25, 0.3) is 5.91 Å². The fourth-order valence-electron chi connectivity index (χ4n) is 5.90. The molecule has 11 heteroatoms. The molecule has 0 aromatic carbocycles. The van der Waals surface area contributed by atoms with Gasteiger partial charge in [-0.2, -0.15) is 13.2 Å². The van der Waals surface area contributed by atoms with Gasteiger partial charge < -0.3 is 16.2 Å². The van der Waals surface area contributed by atoms with E-state index in [1.165, 1.54) is 6.42 Å². The second-order valence-electron chi connectivity index (χ2n) is 9.34. The molecule has 1 amide bonds. The Kier molecular flexibility index (Phi) is 5.85. The van der Waals surface area contributed by atoms with E-state index in [1.807, 2.05) is 12.1 Å². The van der Waals surface area contributed by atoms with E-state index >= 15 is 0 Å². The minimum atomic E-state index is -4.72. The lowest BCUT2D eigenvalue weighted by Crippen LogP contribution is -2.68. The average molecular weight is 463 g/mol. The number of nitrogens with zero attached hydrogens (tertiary/aromatic N) is 3. The number of aromatic nitrogens is 3. The van der Waals surface area contributed by atoms with Crippen LogP contribution in [0, 0.1) is 11.8 Å². The summed E-state index contributed by atoms with van der Waals surface area (Å²) in [5.41, 5.74) is 6.27. The van der Waals surface area contributed by atoms with Gasteiger partial charge in [0.2, 0.25) is 5.82 Å². The average Bonchev–Trinajstić information content (AvgIpc) is 2.72. The summed E-state index contributed by atoms with van der Waals surface area (Å²) in [4.78, 5) is 32.5. The fourth-order valence-corrected chi connectivity index (χ4v) is 5.90. The van der Waals surface area contributed by atoms with Gasteiger partial charge in [0.1, 0.15) is 5.69 Å². The number of hydrogen-bond acceptors (Lipinski definition) is 6. The van der Waals surface area contributed by atoms with E-state index in [9.17, 15) is 22.8 Å². The third-order valence-electron chi connectivity index (χ3n) is 6.51. The number of nitrogens with two attached hydrogens (primary N) is 1. The predicted octanol–water partition coefficient (Wildman–Crippen LogP) is 3.06. The third-order valence-corrected chi connectivity index (χ3v) is 6.51. The molecular formula is C22H24F3N5O3. The van der Waals surface area contributed by atoms with Gasteiger partial charge in [-0.1, -0.05) is 6.07 Å². The fraction of sp³-hybridized carbons (Fsp3) is 0.500. The maximum Gasteiger partial charge on any atom is 0.451 e. The maximum absolute atomic E-state index is 12.4. The Balaban J connectivity index is 0.000000174. The van der Waals surface area contributed by atoms with Gasteiger partial charge in [-0.05, 0) is 68.6 Å². The Morgan fingerprint density at radius 1 is 1.03 bits per heavy atom. The van der Waals surface area contributed by atoms with E-state index < -0.39 is 23.7 Å². The van der Waals surface area contributed by atoms with Crippen molar-refractivity contribution in [2.24, 2.45) is 17.6 Å². The van der Waals surface area contributed by atoms with Gasteiger partial charge in [-0.15, -0.1) is 0 Å². The van der Waals surface area contributed by atoms with Crippen LogP contribution in [-0.4, -0.2) is 43.0 Å². The van der Waals surface area contributed by atoms with Crippen molar-refractivity contribution in [3.8, 4) is 0 Å². The van der Waals surface area contributed by atoms with Crippen LogP contribution in [0.4, 0.5) is 13.2 Å². The standard InChI is InChI=1S/C16H21N3O.C6H3F3N2O2/c17-15-6-11-5-12(7-15)9-16(8-11,10-15)19-14(20)13-3-1-2-4-18-13;7-6(8,9)5-10-2-1-3(11-5)4(12)13/h1-4,11-12H,5-10,17H2,(H,19,20);1-2H,(H,12,13). The smallest absolute Gasteiger partial charge is 0.451 e. The predicted molar refractivity (Wildman–Crippen MR) is 110 cm³/mol. The lowest BCUT2D eigenvalue weighted by molar-refractivity contribution is -0.145. The lowest BCUT2D eigenvalue weighted by atomic mass is 9.50. The first-order valence-electron chi connectivity index (χ1n) is 10.6. The molecule has 2 aromatic rings. The molecule has 33 heavy (non-hydrogen) atoms. The number of carbonyl (C=O) groups is 2. The van der Waals surface area contributed by atoms with Crippen LogP contribution >= 0.6 is 0 Å². The highest BCUT2D eigenvalue weighted by Crippen LogP contribution is 2.56. The number of hydrogen-bond donors (Lipinski definition) is 3. The normalized spacial score (nSPS) is 29.7. The SMILES string of the molecule is NC12CC3CC(C1)CC(NC(=O)c1ccccn1)(C3)C2.O=C(O)c1ccnc(C(F)(F)F)n1. The van der Waals surface area contributed by atoms with Crippen LogP contribution in [-0.2, 0) is 6.18 Å². The first kappa shape index (κ1) is 23.1. The van der Waals surface area contributed by atoms with E-state index in [-0.39, 0.29) is 17.0 Å². The van der Waals surface area contributed by atoms with Gasteiger partial charge in [0.05, 0.1) is 0 Å². The molecule has 2 heterocycles. The summed E-state index contributed by atoms with van der Waals surface area (Å²) in [5, 5.41) is 11.6. The first-order chi connectivity index (χ1) is 15.5. The second-order valence-corrected chi connectivity index (χ2v) is 9.34. The first-order valence-corrected chi connectivity index (χ1v) is 10.6. The second kappa shape index (κ2) is 8.36. The zero-order valence-electron chi connectivity index (χ0n) is 17.7. The number of rotatable bonds is 3. The molecule has 4 aliphatic carbocycles. The Morgan fingerprint density at radius 2 is 1.73 bits per heavy atom. The molecule has 0 aliphatic heterocycles. The van der Waals surface area contributed by atoms with Crippen molar-refractivity contribution in [1.29, 1.82) is 0 Å². The van der Waals surface area contributed by atoms with E-state index in [2.05, 4.69) is 20.3 Å². The van der Waals surface area contributed by atoms with E-state index in [1.54, 1.807) is 12.3 Å². The van der Waals surface area contributed by atoms with Crippen LogP contribution in [0.15, 0.2) is 36.7 Å². The summed E-state index contributed by atoms with van der Waals surface area (Å²) in [7, 11) is 0. The van der Waals surface area contributed by atoms with Crippen molar-refractivity contribution in [2.75, 3.05) is 0 Å². The highest BCUT2D eigenvalue weighted by molar-refractivity contribution is 5.92. The molecule has 4 N–H and O–H groups in total. The van der Waals surface area contributed by atoms with Gasteiger partial charge in [0.15, 0.2) is 5.69 Å². The number of carboxylic acids is 1. The summed E-state index contributed by atoms with van der Waals surface area (Å²) < 4.78 is 35.7. The van der Waals surface area contributed by atoms with E-state index in [4.69, 9.17) is 10.8 Å². The minimum absolute atomic E-state index is 0.0402. The topological polar surface area (TPSA) is 131 Å². The van der Waals surface area contributed by atoms with Crippen molar-refractivity contribution < 1.29 is 27.9 Å². The summed E-state index contributed by atoms with van der Waals surface area (Å²) in [6.07, 6.45) is 4.42. The summed E-state index contributed by atoms with van der Waals surface area (Å²) >= 11 is 0. The Morgan fingerprint density at radius 3 is 2.27 bits per heavy atom. The van der Waals surface area contributed by atoms with Crippen molar-refractivity contribution >= 4 is 11.9 Å². The Bertz CT molecular complexity index is 1030. The molecule has 2 unspecified atom stereocenters. The zero-order valence-corrected chi connectivity index (χ0v) is 17.7. The third kappa shape index (κ3) is 5.13. The van der Waals surface area contributed by atoms with Crippen LogP contribution in [0.3, 0.4) is 0 Å². The molecule has 6 rings (SSSR count). The van der Waals surface area contributed by atoms with Crippen molar-refractivity contribution in [1.82, 2.24) is 20.3 Å². The molecule has 4 aliphatic rings. The number of alkyl halides is 3. The molecule has 0 radical (unpaired) electrons. The number of carbonyl (C=O) groups excluding carboxylic acids is 1. The highest BCUT2D eigenvalue weighted by Gasteiger charge is 2.56. The monoisotopic (exact) mass is 463 g/mol. The Labute approximate surface area is 187 Å². The Hall–Kier alpha value is -3.08. The zero-order chi connectivity index (χ0) is 23.9. The highest BCUT2D eigenvalue weighted by atomic mass is 19.4. The van der Waals surface area contributed by atoms with E-state index in [0.29, 0.717) is 17.5 Å². The lowest BCUT2D eigenvalue weighted by Gasteiger charge is -2.61. The van der Waals surface area contributed by atoms with E-state index in [0.717, 1.165) is 44.4 Å². The van der Waals surface area contributed by atoms with Crippen LogP contribution in [0.5, 0.6) is 0 Å². The molecule has 176 valence electrons. The number of nitrogens with one attached hydrogen (secondary N) is 1. The van der Waals surface area contributed by atoms with Crippen LogP contribution in [0.25, 0.3) is 0 Å². The molecule has 0 saturated heterocycles. The molecule has 2 atom stereocenters. The molecule has 0 spiro atoms. The maximum atomic E-state index is 12.4. The number of aromatic carboxylic acids is 1. The summed E-state index contributed by atoms with van der Waals surface area (Å²) in [5.74, 6) is -1.62. The molecular weight excluding hydrogens is 439 g/mol. The molecule has 8 nitrogen and oxygen atoms in total. The van der Waals surface area contributed by atoms with Gasteiger partial charge in [-0.3, -0.25) is 9.78 Å². The van der Waals surface area contributed by atoms with Crippen molar-refractivity contribution in [2.45, 2.75) is 55.8 Å². The van der Waals surface area contributed by atoms with Gasteiger partial charge in [-0.25, -0.2) is 14.8 Å². The van der Waals surface area contributed by atoms with Gasteiger partial charge >= 0.3 is 12.1 Å². The quantitative estimate of drug-likeness (QED) is 0.638. The van der Waals surface area contributed by atoms with Gasteiger partial charge in [0, 0.05) is 23.5 Å². The summed E-state index contributed by atoms with van der Waals surface area (Å²) in [6, 6.07) is 6.34. The van der Waals surface area contributed by atoms with Crippen LogP contribution in [0.1, 0.15) is 65.3 Å². The van der Waals surface area contributed by atoms with Crippen LogP contribution < -0.4 is 11.1 Å². The number of pyridine rings is 1. The minimum Gasteiger partial charge on any atom is -0.477 e. The number of halogens is 3. The van der Waals surface area contributed by atoms with Crippen LogP contribution in [0.2, 0.25) is 0 Å². The van der Waals surface area contributed by atoms with Crippen molar-refractivity contribution in [3.05, 3.63) is 53.9 Å².